The van der Waals surface area contributed by atoms with Crippen molar-refractivity contribution in [2.75, 3.05) is 10.0 Å². The summed E-state index contributed by atoms with van der Waals surface area (Å²) in [6.07, 6.45) is 6.86. The van der Waals surface area contributed by atoms with Gasteiger partial charge in [0, 0.05) is 11.4 Å². The Morgan fingerprint density at radius 1 is 1.11 bits per heavy atom. The molecule has 0 saturated heterocycles. The number of fused-ring (bicyclic) bond motifs is 1. The first kappa shape index (κ1) is 27.8. The third kappa shape index (κ3) is 7.01. The molecule has 0 radical (unpaired) electrons. The molecule has 0 spiro atoms. The van der Waals surface area contributed by atoms with Gasteiger partial charge in [0.15, 0.2) is 11.0 Å². The zero-order chi connectivity index (χ0) is 27.1. The molecule has 4 rings (SSSR count). The number of carbonyl (C=O) groups is 1. The van der Waals surface area contributed by atoms with E-state index in [-0.39, 0.29) is 21.8 Å². The number of nitrogens with zero attached hydrogens (tertiary/aromatic N) is 4. The van der Waals surface area contributed by atoms with Crippen LogP contribution in [0.25, 0.3) is 0 Å². The molecule has 12 heteroatoms. The van der Waals surface area contributed by atoms with Crippen molar-refractivity contribution in [3.63, 3.8) is 0 Å². The van der Waals surface area contributed by atoms with Crippen LogP contribution in [0.5, 0.6) is 0 Å². The van der Waals surface area contributed by atoms with Gasteiger partial charge in [-0.3, -0.25) is 9.52 Å². The molecule has 198 valence electrons. The van der Waals surface area contributed by atoms with Crippen LogP contribution in [0, 0.1) is 11.3 Å². The lowest BCUT2D eigenvalue weighted by molar-refractivity contribution is -0.115. The first-order valence-electron chi connectivity index (χ1n) is 12.3. The van der Waals surface area contributed by atoms with Gasteiger partial charge in [0.25, 0.3) is 10.0 Å². The fourth-order valence-corrected chi connectivity index (χ4v) is 6.20. The van der Waals surface area contributed by atoms with E-state index in [1.54, 1.807) is 0 Å². The van der Waals surface area contributed by atoms with Gasteiger partial charge in [0.05, 0.1) is 15.7 Å². The number of halogens is 1. The van der Waals surface area contributed by atoms with Gasteiger partial charge in [-0.25, -0.2) is 13.4 Å². The molecular weight excluding hydrogens is 544 g/mol. The number of anilines is 2. The number of sulfonamides is 1. The Kier molecular flexibility index (Phi) is 9.20. The number of aryl methyl sites for hydroxylation is 2. The van der Waals surface area contributed by atoms with Crippen molar-refractivity contribution in [2.45, 2.75) is 67.0 Å². The van der Waals surface area contributed by atoms with E-state index < -0.39 is 15.3 Å². The van der Waals surface area contributed by atoms with Gasteiger partial charge in [-0.15, -0.1) is 10.2 Å². The van der Waals surface area contributed by atoms with Crippen LogP contribution in [0.4, 0.5) is 11.5 Å². The Morgan fingerprint density at radius 2 is 1.84 bits per heavy atom. The van der Waals surface area contributed by atoms with Crippen molar-refractivity contribution in [3.8, 4) is 6.07 Å². The maximum atomic E-state index is 13.1. The smallest absolute Gasteiger partial charge is 0.263 e. The molecule has 0 fully saturated rings. The van der Waals surface area contributed by atoms with Gasteiger partial charge < -0.3 is 5.32 Å². The number of pyridine rings is 1. The number of aromatic nitrogens is 3. The topological polar surface area (TPSA) is 138 Å². The second-order valence-electron chi connectivity index (χ2n) is 8.85. The van der Waals surface area contributed by atoms with Gasteiger partial charge >= 0.3 is 0 Å². The Labute approximate surface area is 231 Å². The highest BCUT2D eigenvalue weighted by Gasteiger charge is 2.23. The van der Waals surface area contributed by atoms with Crippen LogP contribution in [0.15, 0.2) is 52.4 Å². The summed E-state index contributed by atoms with van der Waals surface area (Å²) >= 11 is 6.97. The van der Waals surface area contributed by atoms with Gasteiger partial charge in [0.2, 0.25) is 5.91 Å². The quantitative estimate of drug-likeness (QED) is 0.345. The maximum absolute atomic E-state index is 13.1. The number of rotatable bonds is 8. The zero-order valence-corrected chi connectivity index (χ0v) is 23.2. The van der Waals surface area contributed by atoms with E-state index in [0.717, 1.165) is 36.9 Å². The average Bonchev–Trinajstić information content (AvgIpc) is 2.89. The molecule has 1 amide bonds. The van der Waals surface area contributed by atoms with Gasteiger partial charge in [-0.05, 0) is 80.1 Å². The zero-order valence-electron chi connectivity index (χ0n) is 20.8. The summed E-state index contributed by atoms with van der Waals surface area (Å²) in [5.74, 6) is -0.214. The summed E-state index contributed by atoms with van der Waals surface area (Å²) in [5.41, 5.74) is 3.10. The first-order chi connectivity index (χ1) is 18.3. The number of hydrogen-bond donors (Lipinski definition) is 2. The second kappa shape index (κ2) is 12.6. The van der Waals surface area contributed by atoms with Gasteiger partial charge in [0.1, 0.15) is 11.1 Å². The van der Waals surface area contributed by atoms with E-state index >= 15 is 0 Å². The fraction of sp³-hybridized carbons (Fsp3) is 0.346. The van der Waals surface area contributed by atoms with E-state index in [4.69, 9.17) is 16.6 Å². The molecule has 1 aliphatic carbocycles. The number of nitrogens with one attached hydrogen (secondary N) is 2. The molecule has 0 aliphatic heterocycles. The molecule has 1 atom stereocenters. The Hall–Kier alpha value is -3.20. The number of nitriles is 1. The van der Waals surface area contributed by atoms with Gasteiger partial charge in [-0.1, -0.05) is 43.1 Å². The van der Waals surface area contributed by atoms with Crippen LogP contribution in [0.1, 0.15) is 55.8 Å². The average molecular weight is 571 g/mol. The summed E-state index contributed by atoms with van der Waals surface area (Å²) < 4.78 is 27.6. The van der Waals surface area contributed by atoms with Crippen LogP contribution in [0.2, 0.25) is 5.15 Å². The van der Waals surface area contributed by atoms with Crippen molar-refractivity contribution >= 4 is 50.8 Å². The van der Waals surface area contributed by atoms with E-state index in [9.17, 15) is 18.5 Å². The van der Waals surface area contributed by atoms with Crippen LogP contribution in [0.3, 0.4) is 0 Å². The SMILES string of the molecule is CCC(Sc1nc2c(cc1C#N)CCCCCC2)C(=O)Nc1ccc(S(=O)(=O)Nc2ccc(Cl)nn2)cc1. The van der Waals surface area contributed by atoms with Crippen LogP contribution in [-0.2, 0) is 27.7 Å². The molecule has 2 heterocycles. The standard InChI is InChI=1S/C26H27ClN6O3S2/c1-2-22(37-26-18(16-28)15-17-7-5-3-4-6-8-21(17)30-26)25(34)29-19-9-11-20(12-10-19)38(35,36)33-24-14-13-23(27)31-32-24/h9-15,22H,2-8H2,1H3,(H,29,34)(H,32,33). The monoisotopic (exact) mass is 570 g/mol. The molecule has 0 bridgehead atoms. The van der Waals surface area contributed by atoms with Crippen molar-refractivity contribution in [2.24, 2.45) is 0 Å². The summed E-state index contributed by atoms with van der Waals surface area (Å²) in [7, 11) is -3.90. The number of hydrogen-bond acceptors (Lipinski definition) is 8. The van der Waals surface area contributed by atoms with Crippen LogP contribution in [-0.4, -0.2) is 34.8 Å². The van der Waals surface area contributed by atoms with Crippen LogP contribution < -0.4 is 10.0 Å². The maximum Gasteiger partial charge on any atom is 0.263 e. The molecule has 38 heavy (non-hydrogen) atoms. The van der Waals surface area contributed by atoms with Crippen molar-refractivity contribution in [1.82, 2.24) is 15.2 Å². The summed E-state index contributed by atoms with van der Waals surface area (Å²) in [6.45, 7) is 1.90. The highest BCUT2D eigenvalue weighted by atomic mass is 35.5. The Bertz CT molecular complexity index is 1440. The first-order valence-corrected chi connectivity index (χ1v) is 15.1. The molecular formula is C26H27ClN6O3S2. The minimum Gasteiger partial charge on any atom is -0.325 e. The van der Waals surface area contributed by atoms with Crippen molar-refractivity contribution in [3.05, 3.63) is 64.4 Å². The molecule has 1 aliphatic rings. The Balaban J connectivity index is 1.45. The number of thioether (sulfide) groups is 1. The predicted octanol–water partition coefficient (Wildman–Crippen LogP) is 5.37. The summed E-state index contributed by atoms with van der Waals surface area (Å²) in [6, 6.07) is 12.8. The van der Waals surface area contributed by atoms with Crippen LogP contribution >= 0.6 is 23.4 Å². The molecule has 2 aromatic heterocycles. The lowest BCUT2D eigenvalue weighted by Gasteiger charge is -2.18. The largest absolute Gasteiger partial charge is 0.325 e. The van der Waals surface area contributed by atoms with E-state index in [2.05, 4.69) is 26.3 Å². The minimum absolute atomic E-state index is 0.00250. The van der Waals surface area contributed by atoms with E-state index in [1.165, 1.54) is 61.0 Å². The highest BCUT2D eigenvalue weighted by Crippen LogP contribution is 2.31. The van der Waals surface area contributed by atoms with Crippen molar-refractivity contribution < 1.29 is 13.2 Å². The van der Waals surface area contributed by atoms with Gasteiger partial charge in [-0.2, -0.15) is 5.26 Å². The lowest BCUT2D eigenvalue weighted by Crippen LogP contribution is -2.25. The lowest BCUT2D eigenvalue weighted by atomic mass is 9.96. The Morgan fingerprint density at radius 3 is 2.50 bits per heavy atom. The minimum atomic E-state index is -3.90. The highest BCUT2D eigenvalue weighted by molar-refractivity contribution is 8.00. The molecule has 1 aromatic carbocycles. The molecule has 1 unspecified atom stereocenters. The molecule has 9 nitrogen and oxygen atoms in total. The number of benzene rings is 1. The van der Waals surface area contributed by atoms with E-state index in [0.29, 0.717) is 22.7 Å². The number of amides is 1. The summed E-state index contributed by atoms with van der Waals surface area (Å²) in [5, 5.41) is 20.1. The number of carbonyl (C=O) groups excluding carboxylic acids is 1. The van der Waals surface area contributed by atoms with Crippen molar-refractivity contribution in [1.29, 1.82) is 5.26 Å². The molecule has 3 aromatic rings. The third-order valence-corrected chi connectivity index (χ3v) is 9.05. The molecule has 2 N–H and O–H groups in total. The second-order valence-corrected chi connectivity index (χ2v) is 12.1. The molecule has 0 saturated carbocycles. The fourth-order valence-electron chi connectivity index (χ4n) is 4.10. The normalized spacial score (nSPS) is 14.3. The summed E-state index contributed by atoms with van der Waals surface area (Å²) in [4.78, 5) is 17.9. The predicted molar refractivity (Wildman–Crippen MR) is 148 cm³/mol. The third-order valence-electron chi connectivity index (χ3n) is 6.11. The van der Waals surface area contributed by atoms with E-state index in [1.807, 2.05) is 13.0 Å².